The summed E-state index contributed by atoms with van der Waals surface area (Å²) < 4.78 is 29.1. The molecule has 33 heavy (non-hydrogen) atoms. The van der Waals surface area contributed by atoms with Crippen molar-refractivity contribution in [2.75, 3.05) is 26.2 Å². The van der Waals surface area contributed by atoms with Gasteiger partial charge in [-0.25, -0.2) is 13.1 Å². The standard InChI is InChI=1S/C26H27N3O3S/c30-26(20-9-3-1-4-10-20)29-17-15-28(16-18-29)25-23-14-8-7-11-21(23)19-24(25)27-33(31,32)22-12-5-2-6-13-22/h1-14,24-25,27H,15-19H2/t24-,25-/m1/s1. The van der Waals surface area contributed by atoms with Crippen LogP contribution < -0.4 is 4.72 Å². The molecule has 0 radical (unpaired) electrons. The molecule has 170 valence electrons. The number of nitrogens with one attached hydrogen (secondary N) is 1. The van der Waals surface area contributed by atoms with E-state index in [9.17, 15) is 13.2 Å². The maximum Gasteiger partial charge on any atom is 0.253 e. The van der Waals surface area contributed by atoms with Gasteiger partial charge in [-0.15, -0.1) is 0 Å². The number of rotatable bonds is 5. The minimum Gasteiger partial charge on any atom is -0.336 e. The van der Waals surface area contributed by atoms with Crippen LogP contribution >= 0.6 is 0 Å². The lowest BCUT2D eigenvalue weighted by Crippen LogP contribution is -2.53. The van der Waals surface area contributed by atoms with Gasteiger partial charge in [-0.1, -0.05) is 60.7 Å². The fourth-order valence-electron chi connectivity index (χ4n) is 4.96. The number of carbonyl (C=O) groups excluding carboxylic acids is 1. The molecule has 1 aliphatic heterocycles. The summed E-state index contributed by atoms with van der Waals surface area (Å²) in [7, 11) is -3.63. The zero-order chi connectivity index (χ0) is 22.8. The van der Waals surface area contributed by atoms with Gasteiger partial charge in [0.05, 0.1) is 10.9 Å². The lowest BCUT2D eigenvalue weighted by atomic mass is 10.0. The van der Waals surface area contributed by atoms with Gasteiger partial charge >= 0.3 is 0 Å². The first-order chi connectivity index (χ1) is 16.0. The number of sulfonamides is 1. The molecule has 6 nitrogen and oxygen atoms in total. The summed E-state index contributed by atoms with van der Waals surface area (Å²) in [6, 6.07) is 25.7. The second-order valence-corrected chi connectivity index (χ2v) is 10.3. The van der Waals surface area contributed by atoms with Gasteiger partial charge in [0.2, 0.25) is 10.0 Å². The van der Waals surface area contributed by atoms with Crippen molar-refractivity contribution >= 4 is 15.9 Å². The summed E-state index contributed by atoms with van der Waals surface area (Å²) in [5.74, 6) is 0.0448. The normalized spacial score (nSPS) is 21.0. The number of hydrogen-bond donors (Lipinski definition) is 1. The van der Waals surface area contributed by atoms with E-state index in [0.717, 1.165) is 0 Å². The van der Waals surface area contributed by atoms with E-state index in [1.807, 2.05) is 53.4 Å². The van der Waals surface area contributed by atoms with Crippen molar-refractivity contribution < 1.29 is 13.2 Å². The molecule has 2 aliphatic rings. The Morgan fingerprint density at radius 3 is 2.09 bits per heavy atom. The average Bonchev–Trinajstić information content (AvgIpc) is 3.22. The molecule has 3 aromatic carbocycles. The van der Waals surface area contributed by atoms with E-state index in [1.54, 1.807) is 24.3 Å². The monoisotopic (exact) mass is 461 g/mol. The van der Waals surface area contributed by atoms with E-state index in [4.69, 9.17) is 0 Å². The second-order valence-electron chi connectivity index (χ2n) is 8.58. The molecule has 1 fully saturated rings. The Kier molecular flexibility index (Phi) is 6.01. The third-order valence-corrected chi connectivity index (χ3v) is 8.08. The van der Waals surface area contributed by atoms with Gasteiger partial charge < -0.3 is 4.90 Å². The summed E-state index contributed by atoms with van der Waals surface area (Å²) in [5, 5.41) is 0. The maximum absolute atomic E-state index is 13.1. The van der Waals surface area contributed by atoms with Crippen LogP contribution in [-0.2, 0) is 16.4 Å². The number of benzene rings is 3. The van der Waals surface area contributed by atoms with E-state index in [1.165, 1.54) is 11.1 Å². The highest BCUT2D eigenvalue weighted by Gasteiger charge is 2.40. The first kappa shape index (κ1) is 21.8. The van der Waals surface area contributed by atoms with Crippen LogP contribution in [0.1, 0.15) is 27.5 Å². The maximum atomic E-state index is 13.1. The Balaban J connectivity index is 1.34. The van der Waals surface area contributed by atoms with Crippen LogP contribution in [-0.4, -0.2) is 56.3 Å². The quantitative estimate of drug-likeness (QED) is 0.634. The van der Waals surface area contributed by atoms with Crippen molar-refractivity contribution in [1.82, 2.24) is 14.5 Å². The highest BCUT2D eigenvalue weighted by atomic mass is 32.2. The van der Waals surface area contributed by atoms with Crippen molar-refractivity contribution in [2.45, 2.75) is 23.4 Å². The number of piperazine rings is 1. The second kappa shape index (κ2) is 9.09. The Hall–Kier alpha value is -3.00. The molecule has 5 rings (SSSR count). The summed E-state index contributed by atoms with van der Waals surface area (Å²) in [4.78, 5) is 17.3. The molecule has 1 N–H and O–H groups in total. The van der Waals surface area contributed by atoms with Gasteiger partial charge in [-0.3, -0.25) is 9.69 Å². The highest BCUT2D eigenvalue weighted by Crippen LogP contribution is 2.37. The summed E-state index contributed by atoms with van der Waals surface area (Å²) in [6.07, 6.45) is 0.649. The smallest absolute Gasteiger partial charge is 0.253 e. The molecule has 1 amide bonds. The van der Waals surface area contributed by atoms with Crippen LogP contribution in [0.5, 0.6) is 0 Å². The minimum atomic E-state index is -3.63. The van der Waals surface area contributed by atoms with Crippen molar-refractivity contribution in [3.05, 3.63) is 102 Å². The molecule has 1 aliphatic carbocycles. The first-order valence-electron chi connectivity index (χ1n) is 11.3. The lowest BCUT2D eigenvalue weighted by Gasteiger charge is -2.40. The van der Waals surface area contributed by atoms with Gasteiger partial charge in [-0.2, -0.15) is 0 Å². The molecule has 0 aromatic heterocycles. The topological polar surface area (TPSA) is 69.7 Å². The first-order valence-corrected chi connectivity index (χ1v) is 12.7. The Labute approximate surface area is 194 Å². The van der Waals surface area contributed by atoms with Crippen LogP contribution in [0.2, 0.25) is 0 Å². The van der Waals surface area contributed by atoms with Crippen molar-refractivity contribution in [1.29, 1.82) is 0 Å². The van der Waals surface area contributed by atoms with E-state index in [2.05, 4.69) is 21.8 Å². The third-order valence-electron chi connectivity index (χ3n) is 6.57. The van der Waals surface area contributed by atoms with Gasteiger partial charge in [0.1, 0.15) is 0 Å². The van der Waals surface area contributed by atoms with Crippen LogP contribution in [0.25, 0.3) is 0 Å². The van der Waals surface area contributed by atoms with Gasteiger partial charge in [0.25, 0.3) is 5.91 Å². The molecular weight excluding hydrogens is 434 g/mol. The van der Waals surface area contributed by atoms with Crippen LogP contribution in [0, 0.1) is 0 Å². The third kappa shape index (κ3) is 4.44. The van der Waals surface area contributed by atoms with Crippen molar-refractivity contribution in [2.24, 2.45) is 0 Å². The molecule has 0 bridgehead atoms. The van der Waals surface area contributed by atoms with Crippen LogP contribution in [0.3, 0.4) is 0 Å². The van der Waals surface area contributed by atoms with E-state index in [0.29, 0.717) is 38.2 Å². The number of carbonyl (C=O) groups is 1. The largest absolute Gasteiger partial charge is 0.336 e. The van der Waals surface area contributed by atoms with Crippen LogP contribution in [0.4, 0.5) is 0 Å². The highest BCUT2D eigenvalue weighted by molar-refractivity contribution is 7.89. The van der Waals surface area contributed by atoms with Gasteiger partial charge in [-0.05, 0) is 41.8 Å². The fraction of sp³-hybridized carbons (Fsp3) is 0.269. The molecule has 0 unspecified atom stereocenters. The van der Waals surface area contributed by atoms with Crippen molar-refractivity contribution in [3.63, 3.8) is 0 Å². The molecule has 0 saturated carbocycles. The zero-order valence-electron chi connectivity index (χ0n) is 18.3. The van der Waals surface area contributed by atoms with E-state index < -0.39 is 10.0 Å². The predicted molar refractivity (Wildman–Crippen MR) is 127 cm³/mol. The Morgan fingerprint density at radius 1 is 0.788 bits per heavy atom. The molecule has 0 spiro atoms. The fourth-order valence-corrected chi connectivity index (χ4v) is 6.23. The van der Waals surface area contributed by atoms with Gasteiger partial charge in [0.15, 0.2) is 0 Å². The van der Waals surface area contributed by atoms with E-state index >= 15 is 0 Å². The molecule has 3 aromatic rings. The zero-order valence-corrected chi connectivity index (χ0v) is 19.1. The number of fused-ring (bicyclic) bond motifs is 1. The SMILES string of the molecule is O=C(c1ccccc1)N1CCN([C@@H]2c3ccccc3C[C@H]2NS(=O)(=O)c2ccccc2)CC1. The molecule has 1 saturated heterocycles. The van der Waals surface area contributed by atoms with E-state index in [-0.39, 0.29) is 22.9 Å². The molecule has 7 heteroatoms. The molecule has 2 atom stereocenters. The Morgan fingerprint density at radius 2 is 1.39 bits per heavy atom. The van der Waals surface area contributed by atoms with Gasteiger partial charge in [0, 0.05) is 37.8 Å². The minimum absolute atomic E-state index is 0.0448. The average molecular weight is 462 g/mol. The van der Waals surface area contributed by atoms with Crippen LogP contribution in [0.15, 0.2) is 89.8 Å². The van der Waals surface area contributed by atoms with Crippen molar-refractivity contribution in [3.8, 4) is 0 Å². The summed E-state index contributed by atoms with van der Waals surface area (Å²) in [5.41, 5.74) is 3.04. The number of amides is 1. The Bertz CT molecular complexity index is 1220. The molecular formula is C26H27N3O3S. The molecule has 1 heterocycles. The summed E-state index contributed by atoms with van der Waals surface area (Å²) in [6.45, 7) is 2.62. The lowest BCUT2D eigenvalue weighted by molar-refractivity contribution is 0.0545. The number of hydrogen-bond acceptors (Lipinski definition) is 4. The number of nitrogens with zero attached hydrogens (tertiary/aromatic N) is 2. The summed E-state index contributed by atoms with van der Waals surface area (Å²) >= 11 is 0. The predicted octanol–water partition coefficient (Wildman–Crippen LogP) is 3.09.